The molecule has 2 unspecified atom stereocenters. The SMILES string of the molecule is COC(=O)C1CN(C(=O)CC(C)=O)CC1C. The van der Waals surface area contributed by atoms with Crippen LogP contribution in [-0.2, 0) is 19.1 Å². The lowest BCUT2D eigenvalue weighted by molar-refractivity contribution is -0.146. The molecular weight excluding hydrogens is 210 g/mol. The number of Topliss-reactive ketones (excluding diaryl/α,β-unsaturated/α-hetero) is 1. The number of carbonyl (C=O) groups is 3. The van der Waals surface area contributed by atoms with Gasteiger partial charge in [0.2, 0.25) is 5.91 Å². The van der Waals surface area contributed by atoms with E-state index >= 15 is 0 Å². The van der Waals surface area contributed by atoms with Crippen molar-refractivity contribution in [1.29, 1.82) is 0 Å². The number of ether oxygens (including phenoxy) is 1. The van der Waals surface area contributed by atoms with Crippen LogP contribution in [-0.4, -0.2) is 42.8 Å². The third-order valence-electron chi connectivity index (χ3n) is 2.87. The van der Waals surface area contributed by atoms with Gasteiger partial charge in [-0.3, -0.25) is 14.4 Å². The number of likely N-dealkylation sites (tertiary alicyclic amines) is 1. The minimum absolute atomic E-state index is 0.0827. The van der Waals surface area contributed by atoms with Crippen LogP contribution in [0, 0.1) is 11.8 Å². The van der Waals surface area contributed by atoms with Crippen LogP contribution in [0.1, 0.15) is 20.3 Å². The lowest BCUT2D eigenvalue weighted by Crippen LogP contribution is -2.31. The fraction of sp³-hybridized carbons (Fsp3) is 0.727. The van der Waals surface area contributed by atoms with Gasteiger partial charge in [-0.2, -0.15) is 0 Å². The van der Waals surface area contributed by atoms with Gasteiger partial charge in [-0.05, 0) is 12.8 Å². The van der Waals surface area contributed by atoms with Gasteiger partial charge >= 0.3 is 5.97 Å². The Hall–Kier alpha value is -1.39. The zero-order valence-electron chi connectivity index (χ0n) is 9.86. The molecule has 1 amide bonds. The molecule has 0 bridgehead atoms. The van der Waals surface area contributed by atoms with Crippen molar-refractivity contribution in [2.45, 2.75) is 20.3 Å². The van der Waals surface area contributed by atoms with Gasteiger partial charge < -0.3 is 9.64 Å². The molecule has 1 saturated heterocycles. The van der Waals surface area contributed by atoms with Crippen LogP contribution in [0.4, 0.5) is 0 Å². The van der Waals surface area contributed by atoms with E-state index in [2.05, 4.69) is 4.74 Å². The van der Waals surface area contributed by atoms with Crippen molar-refractivity contribution in [3.05, 3.63) is 0 Å². The van der Waals surface area contributed by atoms with E-state index < -0.39 is 0 Å². The summed E-state index contributed by atoms with van der Waals surface area (Å²) in [7, 11) is 1.34. The molecule has 5 nitrogen and oxygen atoms in total. The molecule has 1 aliphatic rings. The van der Waals surface area contributed by atoms with Gasteiger partial charge in [0.15, 0.2) is 0 Å². The summed E-state index contributed by atoms with van der Waals surface area (Å²) in [4.78, 5) is 35.4. The summed E-state index contributed by atoms with van der Waals surface area (Å²) in [5.41, 5.74) is 0. The van der Waals surface area contributed by atoms with Crippen LogP contribution in [0.3, 0.4) is 0 Å². The summed E-state index contributed by atoms with van der Waals surface area (Å²) in [6, 6.07) is 0. The predicted octanol–water partition coefficient (Wildman–Crippen LogP) is 0.233. The summed E-state index contributed by atoms with van der Waals surface area (Å²) < 4.78 is 4.67. The van der Waals surface area contributed by atoms with Crippen LogP contribution >= 0.6 is 0 Å². The summed E-state index contributed by atoms with van der Waals surface area (Å²) in [6.45, 7) is 4.17. The third-order valence-corrected chi connectivity index (χ3v) is 2.87. The van der Waals surface area contributed by atoms with E-state index in [0.29, 0.717) is 13.1 Å². The average Bonchev–Trinajstić information content (AvgIpc) is 2.58. The minimum Gasteiger partial charge on any atom is -0.469 e. The lowest BCUT2D eigenvalue weighted by atomic mass is 9.99. The number of amides is 1. The van der Waals surface area contributed by atoms with Gasteiger partial charge in [-0.15, -0.1) is 0 Å². The van der Waals surface area contributed by atoms with Crippen molar-refractivity contribution >= 4 is 17.7 Å². The number of hydrogen-bond acceptors (Lipinski definition) is 4. The zero-order chi connectivity index (χ0) is 12.3. The topological polar surface area (TPSA) is 63.7 Å². The van der Waals surface area contributed by atoms with Crippen molar-refractivity contribution in [2.75, 3.05) is 20.2 Å². The molecule has 0 aromatic carbocycles. The van der Waals surface area contributed by atoms with E-state index in [0.717, 1.165) is 0 Å². The number of carbonyl (C=O) groups excluding carboxylic acids is 3. The average molecular weight is 227 g/mol. The largest absolute Gasteiger partial charge is 0.469 e. The first-order valence-corrected chi connectivity index (χ1v) is 5.30. The van der Waals surface area contributed by atoms with Gasteiger partial charge in [-0.1, -0.05) is 6.92 Å². The highest BCUT2D eigenvalue weighted by molar-refractivity contribution is 5.97. The van der Waals surface area contributed by atoms with Crippen molar-refractivity contribution in [3.63, 3.8) is 0 Å². The van der Waals surface area contributed by atoms with E-state index in [1.807, 2.05) is 6.92 Å². The van der Waals surface area contributed by atoms with Crippen LogP contribution in [0.5, 0.6) is 0 Å². The molecule has 0 radical (unpaired) electrons. The Bertz CT molecular complexity index is 313. The maximum atomic E-state index is 11.6. The van der Waals surface area contributed by atoms with Crippen molar-refractivity contribution in [2.24, 2.45) is 11.8 Å². The Kier molecular flexibility index (Phi) is 4.04. The molecule has 0 spiro atoms. The van der Waals surface area contributed by atoms with E-state index in [-0.39, 0.29) is 35.9 Å². The van der Waals surface area contributed by atoms with Gasteiger partial charge in [0.1, 0.15) is 5.78 Å². The summed E-state index contributed by atoms with van der Waals surface area (Å²) in [5, 5.41) is 0. The normalized spacial score (nSPS) is 24.3. The Morgan fingerprint density at radius 2 is 1.94 bits per heavy atom. The quantitative estimate of drug-likeness (QED) is 0.511. The fourth-order valence-corrected chi connectivity index (χ4v) is 1.95. The molecule has 2 atom stereocenters. The first-order valence-electron chi connectivity index (χ1n) is 5.30. The van der Waals surface area contributed by atoms with Gasteiger partial charge in [-0.25, -0.2) is 0 Å². The maximum Gasteiger partial charge on any atom is 0.310 e. The zero-order valence-corrected chi connectivity index (χ0v) is 9.86. The van der Waals surface area contributed by atoms with Crippen molar-refractivity contribution in [3.8, 4) is 0 Å². The maximum absolute atomic E-state index is 11.6. The van der Waals surface area contributed by atoms with Gasteiger partial charge in [0, 0.05) is 13.1 Å². The smallest absolute Gasteiger partial charge is 0.310 e. The molecule has 1 fully saturated rings. The predicted molar refractivity (Wildman–Crippen MR) is 56.5 cm³/mol. The van der Waals surface area contributed by atoms with Crippen LogP contribution in [0.2, 0.25) is 0 Å². The van der Waals surface area contributed by atoms with Gasteiger partial charge in [0.25, 0.3) is 0 Å². The van der Waals surface area contributed by atoms with E-state index in [1.165, 1.54) is 14.0 Å². The second-order valence-corrected chi connectivity index (χ2v) is 4.28. The number of esters is 1. The van der Waals surface area contributed by atoms with E-state index in [9.17, 15) is 14.4 Å². The number of ketones is 1. The fourth-order valence-electron chi connectivity index (χ4n) is 1.95. The molecule has 5 heteroatoms. The highest BCUT2D eigenvalue weighted by atomic mass is 16.5. The summed E-state index contributed by atoms with van der Waals surface area (Å²) in [6.07, 6.45) is -0.0827. The molecule has 1 aliphatic heterocycles. The number of hydrogen-bond donors (Lipinski definition) is 0. The first-order chi connectivity index (χ1) is 7.45. The molecule has 0 saturated carbocycles. The summed E-state index contributed by atoms with van der Waals surface area (Å²) >= 11 is 0. The highest BCUT2D eigenvalue weighted by Gasteiger charge is 2.37. The monoisotopic (exact) mass is 227 g/mol. The molecule has 0 aromatic heterocycles. The first kappa shape index (κ1) is 12.7. The van der Waals surface area contributed by atoms with Crippen molar-refractivity contribution in [1.82, 2.24) is 4.90 Å². The third kappa shape index (κ3) is 2.81. The van der Waals surface area contributed by atoms with Crippen LogP contribution < -0.4 is 0 Å². The minimum atomic E-state index is -0.286. The Morgan fingerprint density at radius 3 is 2.44 bits per heavy atom. The molecule has 1 heterocycles. The Labute approximate surface area is 94.7 Å². The molecule has 0 aromatic rings. The molecule has 0 N–H and O–H groups in total. The van der Waals surface area contributed by atoms with E-state index in [1.54, 1.807) is 4.90 Å². The highest BCUT2D eigenvalue weighted by Crippen LogP contribution is 2.24. The molecule has 16 heavy (non-hydrogen) atoms. The number of methoxy groups -OCH3 is 1. The second-order valence-electron chi connectivity index (χ2n) is 4.28. The van der Waals surface area contributed by atoms with Crippen LogP contribution in [0.25, 0.3) is 0 Å². The lowest BCUT2D eigenvalue weighted by Gasteiger charge is -2.14. The summed E-state index contributed by atoms with van der Waals surface area (Å²) in [5.74, 6) is -0.820. The standard InChI is InChI=1S/C11H17NO4/c1-7-5-12(10(14)4-8(2)13)6-9(7)11(15)16-3/h7,9H,4-6H2,1-3H3. The molecular formula is C11H17NO4. The molecule has 0 aliphatic carbocycles. The van der Waals surface area contributed by atoms with E-state index in [4.69, 9.17) is 0 Å². The number of rotatable bonds is 3. The van der Waals surface area contributed by atoms with Crippen molar-refractivity contribution < 1.29 is 19.1 Å². The second kappa shape index (κ2) is 5.09. The number of nitrogens with zero attached hydrogens (tertiary/aromatic N) is 1. The van der Waals surface area contributed by atoms with Crippen LogP contribution in [0.15, 0.2) is 0 Å². The molecule has 1 rings (SSSR count). The Morgan fingerprint density at radius 1 is 1.31 bits per heavy atom. The molecule has 90 valence electrons. The van der Waals surface area contributed by atoms with Gasteiger partial charge in [0.05, 0.1) is 19.4 Å². The Balaban J connectivity index is 2.59.